The van der Waals surface area contributed by atoms with Crippen LogP contribution >= 0.6 is 0 Å². The Kier molecular flexibility index (Phi) is 2.03. The predicted molar refractivity (Wildman–Crippen MR) is 37.2 cm³/mol. The van der Waals surface area contributed by atoms with Gasteiger partial charge in [-0.25, -0.2) is 0 Å². The quantitative estimate of drug-likeness (QED) is 0.533. The molecule has 56 valence electrons. The van der Waals surface area contributed by atoms with E-state index < -0.39 is 6.10 Å². The molecule has 2 atom stereocenters. The highest BCUT2D eigenvalue weighted by Gasteiger charge is 2.11. The second kappa shape index (κ2) is 2.81. The molecular formula is C6H11N3O. The lowest BCUT2D eigenvalue weighted by molar-refractivity contribution is 0.164. The van der Waals surface area contributed by atoms with Crippen molar-refractivity contribution in [3.05, 3.63) is 18.0 Å². The Morgan fingerprint density at radius 2 is 2.50 bits per heavy atom. The predicted octanol–water partition coefficient (Wildman–Crippen LogP) is -0.210. The standard InChI is InChI=1S/C6H11N3O/c1-4(10)6(7)5-2-8-9-3-5/h2-4,6,10H,7H2,1H3,(H,8,9). The zero-order valence-corrected chi connectivity index (χ0v) is 5.78. The summed E-state index contributed by atoms with van der Waals surface area (Å²) in [5.41, 5.74) is 6.40. The van der Waals surface area contributed by atoms with Gasteiger partial charge in [0.2, 0.25) is 0 Å². The van der Waals surface area contributed by atoms with Gasteiger partial charge in [0.05, 0.1) is 18.3 Å². The van der Waals surface area contributed by atoms with E-state index in [0.717, 1.165) is 5.56 Å². The molecule has 0 saturated carbocycles. The number of hydrogen-bond acceptors (Lipinski definition) is 3. The highest BCUT2D eigenvalue weighted by atomic mass is 16.3. The number of nitrogens with one attached hydrogen (secondary N) is 1. The first-order valence-electron chi connectivity index (χ1n) is 3.14. The van der Waals surface area contributed by atoms with Crippen LogP contribution in [-0.2, 0) is 0 Å². The first-order chi connectivity index (χ1) is 4.72. The van der Waals surface area contributed by atoms with Gasteiger partial charge >= 0.3 is 0 Å². The van der Waals surface area contributed by atoms with Crippen LogP contribution in [-0.4, -0.2) is 21.4 Å². The Bertz CT molecular complexity index is 183. The Morgan fingerprint density at radius 3 is 2.90 bits per heavy atom. The van der Waals surface area contributed by atoms with Crippen LogP contribution in [0.15, 0.2) is 12.4 Å². The molecule has 10 heavy (non-hydrogen) atoms. The fraction of sp³-hybridized carbons (Fsp3) is 0.500. The van der Waals surface area contributed by atoms with Crippen molar-refractivity contribution in [2.45, 2.75) is 19.1 Å². The van der Waals surface area contributed by atoms with Crippen molar-refractivity contribution < 1.29 is 5.11 Å². The van der Waals surface area contributed by atoms with Crippen LogP contribution < -0.4 is 5.73 Å². The van der Waals surface area contributed by atoms with E-state index in [1.54, 1.807) is 19.3 Å². The average molecular weight is 141 g/mol. The first kappa shape index (κ1) is 7.24. The zero-order valence-electron chi connectivity index (χ0n) is 5.78. The van der Waals surface area contributed by atoms with Crippen LogP contribution in [0.1, 0.15) is 18.5 Å². The van der Waals surface area contributed by atoms with E-state index in [-0.39, 0.29) is 6.04 Å². The molecule has 1 aromatic heterocycles. The highest BCUT2D eigenvalue weighted by Crippen LogP contribution is 2.10. The molecule has 4 N–H and O–H groups in total. The number of hydrogen-bond donors (Lipinski definition) is 3. The number of aromatic amines is 1. The molecule has 0 aliphatic carbocycles. The van der Waals surface area contributed by atoms with E-state index >= 15 is 0 Å². The van der Waals surface area contributed by atoms with E-state index in [4.69, 9.17) is 10.8 Å². The Hall–Kier alpha value is -0.870. The largest absolute Gasteiger partial charge is 0.391 e. The molecule has 0 fully saturated rings. The Balaban J connectivity index is 2.68. The van der Waals surface area contributed by atoms with Gasteiger partial charge in [0.15, 0.2) is 0 Å². The summed E-state index contributed by atoms with van der Waals surface area (Å²) in [6, 6.07) is -0.334. The van der Waals surface area contributed by atoms with Crippen molar-refractivity contribution in [1.29, 1.82) is 0 Å². The lowest BCUT2D eigenvalue weighted by Crippen LogP contribution is -2.22. The average Bonchev–Trinajstić information content (AvgIpc) is 2.36. The fourth-order valence-electron chi connectivity index (χ4n) is 0.722. The van der Waals surface area contributed by atoms with E-state index in [9.17, 15) is 0 Å². The van der Waals surface area contributed by atoms with Gasteiger partial charge in [0.25, 0.3) is 0 Å². The van der Waals surface area contributed by atoms with Gasteiger partial charge in [0.1, 0.15) is 0 Å². The third kappa shape index (κ3) is 1.34. The van der Waals surface area contributed by atoms with Crippen LogP contribution in [0, 0.1) is 0 Å². The molecule has 0 aliphatic rings. The number of aromatic nitrogens is 2. The van der Waals surface area contributed by atoms with Crippen molar-refractivity contribution in [3.8, 4) is 0 Å². The third-order valence-electron chi connectivity index (χ3n) is 1.42. The van der Waals surface area contributed by atoms with E-state index in [1.807, 2.05) is 0 Å². The maximum absolute atomic E-state index is 9.03. The molecule has 4 nitrogen and oxygen atoms in total. The molecule has 1 aromatic rings. The minimum atomic E-state index is -0.530. The molecule has 0 saturated heterocycles. The molecule has 1 heterocycles. The van der Waals surface area contributed by atoms with Gasteiger partial charge < -0.3 is 10.8 Å². The Morgan fingerprint density at radius 1 is 1.80 bits per heavy atom. The van der Waals surface area contributed by atoms with E-state index in [0.29, 0.717) is 0 Å². The van der Waals surface area contributed by atoms with Crippen LogP contribution in [0.5, 0.6) is 0 Å². The number of H-pyrrole nitrogens is 1. The van der Waals surface area contributed by atoms with Crippen LogP contribution in [0.2, 0.25) is 0 Å². The number of aliphatic hydroxyl groups is 1. The van der Waals surface area contributed by atoms with Crippen LogP contribution in [0.25, 0.3) is 0 Å². The second-order valence-corrected chi connectivity index (χ2v) is 2.30. The Labute approximate surface area is 59.1 Å². The summed E-state index contributed by atoms with van der Waals surface area (Å²) in [7, 11) is 0. The minimum absolute atomic E-state index is 0.334. The van der Waals surface area contributed by atoms with Crippen molar-refractivity contribution in [2.75, 3.05) is 0 Å². The van der Waals surface area contributed by atoms with Crippen molar-refractivity contribution >= 4 is 0 Å². The summed E-state index contributed by atoms with van der Waals surface area (Å²) in [6.07, 6.45) is 2.76. The normalized spacial score (nSPS) is 16.7. The molecule has 1 rings (SSSR count). The summed E-state index contributed by atoms with van der Waals surface area (Å²) in [6.45, 7) is 1.65. The van der Waals surface area contributed by atoms with Gasteiger partial charge in [-0.15, -0.1) is 0 Å². The molecule has 0 aliphatic heterocycles. The smallest absolute Gasteiger partial charge is 0.0705 e. The summed E-state index contributed by atoms with van der Waals surface area (Å²) in [4.78, 5) is 0. The SMILES string of the molecule is CC(O)C(N)c1cn[nH]c1. The molecule has 4 heteroatoms. The minimum Gasteiger partial charge on any atom is -0.391 e. The lowest BCUT2D eigenvalue weighted by atomic mass is 10.1. The first-order valence-corrected chi connectivity index (χ1v) is 3.14. The molecule has 0 amide bonds. The molecule has 0 aromatic carbocycles. The third-order valence-corrected chi connectivity index (χ3v) is 1.42. The molecule has 0 bridgehead atoms. The summed E-state index contributed by atoms with van der Waals surface area (Å²) in [5.74, 6) is 0. The second-order valence-electron chi connectivity index (χ2n) is 2.30. The van der Waals surface area contributed by atoms with Crippen molar-refractivity contribution in [1.82, 2.24) is 10.2 Å². The van der Waals surface area contributed by atoms with Crippen molar-refractivity contribution in [3.63, 3.8) is 0 Å². The molecule has 2 unspecified atom stereocenters. The monoisotopic (exact) mass is 141 g/mol. The summed E-state index contributed by atoms with van der Waals surface area (Å²) < 4.78 is 0. The van der Waals surface area contributed by atoms with Gasteiger partial charge in [-0.1, -0.05) is 0 Å². The maximum Gasteiger partial charge on any atom is 0.0705 e. The topological polar surface area (TPSA) is 74.9 Å². The van der Waals surface area contributed by atoms with Gasteiger partial charge in [-0.2, -0.15) is 5.10 Å². The van der Waals surface area contributed by atoms with Crippen molar-refractivity contribution in [2.24, 2.45) is 5.73 Å². The maximum atomic E-state index is 9.03. The molecule has 0 spiro atoms. The van der Waals surface area contributed by atoms with Gasteiger partial charge in [-0.3, -0.25) is 5.10 Å². The van der Waals surface area contributed by atoms with Gasteiger partial charge in [0, 0.05) is 11.8 Å². The van der Waals surface area contributed by atoms with Crippen LogP contribution in [0.3, 0.4) is 0 Å². The zero-order chi connectivity index (χ0) is 7.56. The van der Waals surface area contributed by atoms with E-state index in [1.165, 1.54) is 0 Å². The fourth-order valence-corrected chi connectivity index (χ4v) is 0.722. The number of rotatable bonds is 2. The number of nitrogens with two attached hydrogens (primary N) is 1. The number of aliphatic hydroxyl groups excluding tert-OH is 1. The van der Waals surface area contributed by atoms with E-state index in [2.05, 4.69) is 10.2 Å². The summed E-state index contributed by atoms with van der Waals surface area (Å²) >= 11 is 0. The van der Waals surface area contributed by atoms with Crippen LogP contribution in [0.4, 0.5) is 0 Å². The lowest BCUT2D eigenvalue weighted by Gasteiger charge is -2.11. The summed E-state index contributed by atoms with van der Waals surface area (Å²) in [5, 5.41) is 15.4. The highest BCUT2D eigenvalue weighted by molar-refractivity contribution is 5.09. The number of nitrogens with zero attached hydrogens (tertiary/aromatic N) is 1. The molecular weight excluding hydrogens is 130 g/mol. The molecule has 0 radical (unpaired) electrons. The van der Waals surface area contributed by atoms with Gasteiger partial charge in [-0.05, 0) is 6.92 Å².